The third-order valence-electron chi connectivity index (χ3n) is 4.09. The van der Waals surface area contributed by atoms with Gasteiger partial charge in [0.15, 0.2) is 0 Å². The van der Waals surface area contributed by atoms with Crippen LogP contribution in [0.5, 0.6) is 11.5 Å². The lowest BCUT2D eigenvalue weighted by Gasteiger charge is -2.14. The zero-order chi connectivity index (χ0) is 18.7. The monoisotopic (exact) mass is 363 g/mol. The molecule has 0 spiro atoms. The Labute approximate surface area is 160 Å². The molecule has 0 aliphatic heterocycles. The first-order chi connectivity index (χ1) is 13.3. The normalized spacial score (nSPS) is 10.4. The molecule has 0 heterocycles. The molecule has 0 saturated carbocycles. The summed E-state index contributed by atoms with van der Waals surface area (Å²) in [6.07, 6.45) is 0. The van der Waals surface area contributed by atoms with Crippen molar-refractivity contribution in [2.75, 3.05) is 25.6 Å². The van der Waals surface area contributed by atoms with Gasteiger partial charge in [-0.05, 0) is 35.4 Å². The van der Waals surface area contributed by atoms with E-state index < -0.39 is 0 Å². The van der Waals surface area contributed by atoms with Crippen LogP contribution in [0.25, 0.3) is 0 Å². The molecule has 0 bridgehead atoms. The molecule has 0 aliphatic rings. The summed E-state index contributed by atoms with van der Waals surface area (Å²) in [6, 6.07) is 26.2. The first-order valence-corrected chi connectivity index (χ1v) is 9.05. The molecule has 1 N–H and O–H groups in total. The van der Waals surface area contributed by atoms with Crippen LogP contribution < -0.4 is 14.8 Å². The van der Waals surface area contributed by atoms with Crippen molar-refractivity contribution < 1.29 is 14.2 Å². The Balaban J connectivity index is 1.54. The summed E-state index contributed by atoms with van der Waals surface area (Å²) >= 11 is 0. The standard InChI is InChI=1S/C23H25NO3/c1-25-15-16-26-21-13-11-19(12-14-21)17-24-22-9-5-6-10-23(22)27-18-20-7-3-2-4-8-20/h2-14,24H,15-18H2,1H3. The highest BCUT2D eigenvalue weighted by Gasteiger charge is 2.04. The zero-order valence-electron chi connectivity index (χ0n) is 15.6. The van der Waals surface area contributed by atoms with Gasteiger partial charge in [0, 0.05) is 13.7 Å². The van der Waals surface area contributed by atoms with Crippen LogP contribution in [0, 0.1) is 0 Å². The SMILES string of the molecule is COCCOc1ccc(CNc2ccccc2OCc2ccccc2)cc1. The summed E-state index contributed by atoms with van der Waals surface area (Å²) in [5.41, 5.74) is 3.30. The van der Waals surface area contributed by atoms with Gasteiger partial charge < -0.3 is 19.5 Å². The number of hydrogen-bond acceptors (Lipinski definition) is 4. The Kier molecular flexibility index (Phi) is 7.13. The lowest BCUT2D eigenvalue weighted by atomic mass is 10.2. The van der Waals surface area contributed by atoms with Gasteiger partial charge in [0.1, 0.15) is 24.7 Å². The first-order valence-electron chi connectivity index (χ1n) is 9.05. The fourth-order valence-electron chi connectivity index (χ4n) is 2.62. The predicted molar refractivity (Wildman–Crippen MR) is 108 cm³/mol. The van der Waals surface area contributed by atoms with Crippen molar-refractivity contribution in [1.29, 1.82) is 0 Å². The molecule has 3 aromatic carbocycles. The van der Waals surface area contributed by atoms with E-state index in [1.807, 2.05) is 54.6 Å². The second-order valence-electron chi connectivity index (χ2n) is 6.11. The van der Waals surface area contributed by atoms with Gasteiger partial charge in [0.25, 0.3) is 0 Å². The molecule has 0 radical (unpaired) electrons. The van der Waals surface area contributed by atoms with Gasteiger partial charge in [-0.15, -0.1) is 0 Å². The van der Waals surface area contributed by atoms with Crippen molar-refractivity contribution in [3.8, 4) is 11.5 Å². The molecule has 3 rings (SSSR count). The number of hydrogen-bond donors (Lipinski definition) is 1. The second kappa shape index (κ2) is 10.2. The van der Waals surface area contributed by atoms with E-state index in [2.05, 4.69) is 29.6 Å². The average Bonchev–Trinajstić information content (AvgIpc) is 2.73. The summed E-state index contributed by atoms with van der Waals surface area (Å²) in [5, 5.41) is 3.45. The zero-order valence-corrected chi connectivity index (χ0v) is 15.6. The van der Waals surface area contributed by atoms with Gasteiger partial charge in [0.05, 0.1) is 12.3 Å². The number of para-hydroxylation sites is 2. The van der Waals surface area contributed by atoms with E-state index in [-0.39, 0.29) is 0 Å². The minimum atomic E-state index is 0.549. The molecule has 0 aliphatic carbocycles. The number of benzene rings is 3. The molecule has 27 heavy (non-hydrogen) atoms. The lowest BCUT2D eigenvalue weighted by Crippen LogP contribution is -2.05. The number of anilines is 1. The fraction of sp³-hybridized carbons (Fsp3) is 0.217. The number of methoxy groups -OCH3 is 1. The molecule has 0 fully saturated rings. The van der Waals surface area contributed by atoms with Gasteiger partial charge in [-0.3, -0.25) is 0 Å². The van der Waals surface area contributed by atoms with Crippen LogP contribution in [-0.2, 0) is 17.9 Å². The minimum Gasteiger partial charge on any atom is -0.491 e. The van der Waals surface area contributed by atoms with Crippen molar-refractivity contribution in [3.63, 3.8) is 0 Å². The highest BCUT2D eigenvalue weighted by Crippen LogP contribution is 2.25. The van der Waals surface area contributed by atoms with Crippen LogP contribution >= 0.6 is 0 Å². The lowest BCUT2D eigenvalue weighted by molar-refractivity contribution is 0.146. The first kappa shape index (κ1) is 18.8. The largest absolute Gasteiger partial charge is 0.491 e. The van der Waals surface area contributed by atoms with Gasteiger partial charge in [-0.1, -0.05) is 54.6 Å². The molecule has 0 amide bonds. The molecule has 0 atom stereocenters. The van der Waals surface area contributed by atoms with Crippen molar-refractivity contribution in [2.45, 2.75) is 13.2 Å². The molecule has 0 unspecified atom stereocenters. The predicted octanol–water partition coefficient (Wildman–Crippen LogP) is 4.90. The summed E-state index contributed by atoms with van der Waals surface area (Å²) in [7, 11) is 1.67. The Morgan fingerprint density at radius 1 is 0.704 bits per heavy atom. The van der Waals surface area contributed by atoms with E-state index >= 15 is 0 Å². The second-order valence-corrected chi connectivity index (χ2v) is 6.11. The van der Waals surface area contributed by atoms with Crippen molar-refractivity contribution in [3.05, 3.63) is 90.0 Å². The molecule has 140 valence electrons. The van der Waals surface area contributed by atoms with Crippen LogP contribution in [0.2, 0.25) is 0 Å². The van der Waals surface area contributed by atoms with Crippen molar-refractivity contribution in [1.82, 2.24) is 0 Å². The van der Waals surface area contributed by atoms with E-state index in [0.717, 1.165) is 22.7 Å². The van der Waals surface area contributed by atoms with Gasteiger partial charge >= 0.3 is 0 Å². The van der Waals surface area contributed by atoms with Crippen molar-refractivity contribution >= 4 is 5.69 Å². The highest BCUT2D eigenvalue weighted by molar-refractivity contribution is 5.56. The minimum absolute atomic E-state index is 0.549. The van der Waals surface area contributed by atoms with Crippen LogP contribution in [0.15, 0.2) is 78.9 Å². The quantitative estimate of drug-likeness (QED) is 0.520. The van der Waals surface area contributed by atoms with Crippen LogP contribution in [0.4, 0.5) is 5.69 Å². The average molecular weight is 363 g/mol. The van der Waals surface area contributed by atoms with Gasteiger partial charge in [0.2, 0.25) is 0 Å². The molecule has 4 nitrogen and oxygen atoms in total. The molecule has 0 saturated heterocycles. The maximum atomic E-state index is 5.99. The van der Waals surface area contributed by atoms with Crippen molar-refractivity contribution in [2.24, 2.45) is 0 Å². The maximum absolute atomic E-state index is 5.99. The Bertz CT molecular complexity index is 803. The van der Waals surface area contributed by atoms with Gasteiger partial charge in [-0.2, -0.15) is 0 Å². The topological polar surface area (TPSA) is 39.7 Å². The Morgan fingerprint density at radius 2 is 1.44 bits per heavy atom. The van der Waals surface area contributed by atoms with Crippen LogP contribution in [-0.4, -0.2) is 20.3 Å². The molecule has 0 aromatic heterocycles. The van der Waals surface area contributed by atoms with Crippen LogP contribution in [0.1, 0.15) is 11.1 Å². The highest BCUT2D eigenvalue weighted by atomic mass is 16.5. The Hall–Kier alpha value is -2.98. The molecule has 3 aromatic rings. The number of rotatable bonds is 10. The third kappa shape index (κ3) is 6.04. The maximum Gasteiger partial charge on any atom is 0.142 e. The van der Waals surface area contributed by atoms with E-state index in [1.54, 1.807) is 7.11 Å². The molecule has 4 heteroatoms. The smallest absolute Gasteiger partial charge is 0.142 e. The summed E-state index contributed by atoms with van der Waals surface area (Å²) in [6.45, 7) is 2.40. The molecular weight excluding hydrogens is 338 g/mol. The summed E-state index contributed by atoms with van der Waals surface area (Å²) < 4.78 is 16.6. The van der Waals surface area contributed by atoms with Gasteiger partial charge in [-0.25, -0.2) is 0 Å². The fourth-order valence-corrected chi connectivity index (χ4v) is 2.62. The van der Waals surface area contributed by atoms with E-state index in [9.17, 15) is 0 Å². The number of nitrogens with one attached hydrogen (secondary N) is 1. The van der Waals surface area contributed by atoms with E-state index in [1.165, 1.54) is 5.56 Å². The summed E-state index contributed by atoms with van der Waals surface area (Å²) in [4.78, 5) is 0. The van der Waals surface area contributed by atoms with E-state index in [4.69, 9.17) is 14.2 Å². The third-order valence-corrected chi connectivity index (χ3v) is 4.09. The number of ether oxygens (including phenoxy) is 3. The van der Waals surface area contributed by atoms with E-state index in [0.29, 0.717) is 26.4 Å². The summed E-state index contributed by atoms with van der Waals surface area (Å²) in [5.74, 6) is 1.70. The Morgan fingerprint density at radius 3 is 2.22 bits per heavy atom. The van der Waals surface area contributed by atoms with Crippen LogP contribution in [0.3, 0.4) is 0 Å². The molecular formula is C23H25NO3.